The first-order valence-electron chi connectivity index (χ1n) is 5.96. The molecule has 0 bridgehead atoms. The first-order valence-corrected chi connectivity index (χ1v) is 6.76. The zero-order chi connectivity index (χ0) is 13.8. The number of Topliss-reactive ketones (excluding diaryl/α,β-unsaturated/α-hetero) is 1. The van der Waals surface area contributed by atoms with Crippen molar-refractivity contribution < 1.29 is 9.18 Å². The molecule has 2 aromatic rings. The van der Waals surface area contributed by atoms with Gasteiger partial charge in [0.1, 0.15) is 18.0 Å². The van der Waals surface area contributed by atoms with Gasteiger partial charge in [-0.25, -0.2) is 14.1 Å². The van der Waals surface area contributed by atoms with E-state index in [4.69, 9.17) is 0 Å². The van der Waals surface area contributed by atoms with Gasteiger partial charge in [0.25, 0.3) is 0 Å². The first-order chi connectivity index (χ1) is 9.11. The molecule has 0 radical (unpaired) electrons. The van der Waals surface area contributed by atoms with E-state index < -0.39 is 5.82 Å². The number of hydrogen-bond acceptors (Lipinski definition) is 3. The second-order valence-electron chi connectivity index (χ2n) is 4.13. The van der Waals surface area contributed by atoms with E-state index in [1.165, 1.54) is 18.5 Å². The number of carbonyl (C=O) groups excluding carboxylic acids is 1. The molecule has 1 aromatic heterocycles. The van der Waals surface area contributed by atoms with Crippen molar-refractivity contribution in [1.82, 2.24) is 14.8 Å². The maximum Gasteiger partial charge on any atom is 0.170 e. The lowest BCUT2D eigenvalue weighted by molar-refractivity contribution is 0.0989. The average Bonchev–Trinajstić information content (AvgIpc) is 2.80. The van der Waals surface area contributed by atoms with Gasteiger partial charge >= 0.3 is 0 Å². The molecule has 0 spiro atoms. The maximum atomic E-state index is 13.4. The number of aryl methyl sites for hydroxylation is 1. The Morgan fingerprint density at radius 1 is 1.47 bits per heavy atom. The van der Waals surface area contributed by atoms with Crippen LogP contribution in [0.1, 0.15) is 29.5 Å². The van der Waals surface area contributed by atoms with Gasteiger partial charge in [0.05, 0.1) is 10.9 Å². The van der Waals surface area contributed by atoms with E-state index in [9.17, 15) is 9.18 Å². The van der Waals surface area contributed by atoms with E-state index in [1.54, 1.807) is 10.7 Å². The van der Waals surface area contributed by atoms with Crippen LogP contribution in [0.15, 0.2) is 29.0 Å². The topological polar surface area (TPSA) is 47.8 Å². The molecular formula is C13H13BrFN3O. The molecule has 0 unspecified atom stereocenters. The summed E-state index contributed by atoms with van der Waals surface area (Å²) in [5.41, 5.74) is 0.340. The standard InChI is InChI=1S/C13H13BrFN3O/c1-2-5-18-13(16-8-17-18)7-12(19)9-3-4-10(14)11(15)6-9/h3-4,6,8H,2,5,7H2,1H3. The van der Waals surface area contributed by atoms with Crippen LogP contribution >= 0.6 is 15.9 Å². The molecular weight excluding hydrogens is 313 g/mol. The van der Waals surface area contributed by atoms with Crippen LogP contribution in [-0.2, 0) is 13.0 Å². The van der Waals surface area contributed by atoms with Crippen LogP contribution in [-0.4, -0.2) is 20.5 Å². The number of ketones is 1. The zero-order valence-corrected chi connectivity index (χ0v) is 12.0. The summed E-state index contributed by atoms with van der Waals surface area (Å²) >= 11 is 3.06. The summed E-state index contributed by atoms with van der Waals surface area (Å²) in [5.74, 6) is -0.00666. The maximum absolute atomic E-state index is 13.4. The van der Waals surface area contributed by atoms with Gasteiger partial charge in [-0.2, -0.15) is 5.10 Å². The smallest absolute Gasteiger partial charge is 0.170 e. The first kappa shape index (κ1) is 13.9. The van der Waals surface area contributed by atoms with Crippen LogP contribution in [0.4, 0.5) is 4.39 Å². The molecule has 0 amide bonds. The van der Waals surface area contributed by atoms with Gasteiger partial charge in [0.15, 0.2) is 5.78 Å². The van der Waals surface area contributed by atoms with Gasteiger partial charge in [0.2, 0.25) is 0 Å². The summed E-state index contributed by atoms with van der Waals surface area (Å²) in [7, 11) is 0. The van der Waals surface area contributed by atoms with Crippen molar-refractivity contribution >= 4 is 21.7 Å². The zero-order valence-electron chi connectivity index (χ0n) is 10.4. The third-order valence-electron chi connectivity index (χ3n) is 2.69. The Morgan fingerprint density at radius 3 is 2.95 bits per heavy atom. The van der Waals surface area contributed by atoms with Crippen molar-refractivity contribution in [2.75, 3.05) is 0 Å². The number of carbonyl (C=O) groups is 1. The molecule has 0 aliphatic rings. The largest absolute Gasteiger partial charge is 0.294 e. The molecule has 19 heavy (non-hydrogen) atoms. The number of nitrogens with zero attached hydrogens (tertiary/aromatic N) is 3. The van der Waals surface area contributed by atoms with E-state index in [0.717, 1.165) is 13.0 Å². The average molecular weight is 326 g/mol. The summed E-state index contributed by atoms with van der Waals surface area (Å²) in [5, 5.41) is 4.06. The minimum atomic E-state index is -0.444. The highest BCUT2D eigenvalue weighted by atomic mass is 79.9. The Kier molecular flexibility index (Phi) is 4.42. The van der Waals surface area contributed by atoms with Crippen molar-refractivity contribution in [3.05, 3.63) is 46.2 Å². The molecule has 0 aliphatic heterocycles. The summed E-state index contributed by atoms with van der Waals surface area (Å²) < 4.78 is 15.4. The minimum Gasteiger partial charge on any atom is -0.294 e. The Morgan fingerprint density at radius 2 is 2.26 bits per heavy atom. The Balaban J connectivity index is 2.16. The number of hydrogen-bond donors (Lipinski definition) is 0. The predicted octanol–water partition coefficient (Wildman–Crippen LogP) is 3.02. The van der Waals surface area contributed by atoms with Gasteiger partial charge in [-0.1, -0.05) is 13.0 Å². The monoisotopic (exact) mass is 325 g/mol. The number of aromatic nitrogens is 3. The molecule has 0 aliphatic carbocycles. The summed E-state index contributed by atoms with van der Waals surface area (Å²) in [6.07, 6.45) is 2.47. The molecule has 6 heteroatoms. The number of halogens is 2. The van der Waals surface area contributed by atoms with Crippen molar-refractivity contribution in [3.8, 4) is 0 Å². The van der Waals surface area contributed by atoms with E-state index in [-0.39, 0.29) is 12.2 Å². The number of rotatable bonds is 5. The third-order valence-corrected chi connectivity index (χ3v) is 3.33. The SMILES string of the molecule is CCCn1ncnc1CC(=O)c1ccc(Br)c(F)c1. The normalized spacial score (nSPS) is 10.7. The Hall–Kier alpha value is -1.56. The van der Waals surface area contributed by atoms with Gasteiger partial charge in [-0.05, 0) is 34.5 Å². The van der Waals surface area contributed by atoms with E-state index in [0.29, 0.717) is 15.9 Å². The molecule has 4 nitrogen and oxygen atoms in total. The van der Waals surface area contributed by atoms with Gasteiger partial charge in [0, 0.05) is 12.1 Å². The van der Waals surface area contributed by atoms with Crippen molar-refractivity contribution in [2.45, 2.75) is 26.3 Å². The molecule has 1 heterocycles. The third kappa shape index (κ3) is 3.26. The van der Waals surface area contributed by atoms with E-state index in [1.807, 2.05) is 6.92 Å². The lowest BCUT2D eigenvalue weighted by Gasteiger charge is -2.04. The molecule has 0 fully saturated rings. The van der Waals surface area contributed by atoms with Crippen LogP contribution in [0.5, 0.6) is 0 Å². The van der Waals surface area contributed by atoms with Crippen molar-refractivity contribution in [1.29, 1.82) is 0 Å². The van der Waals surface area contributed by atoms with Crippen LogP contribution in [0.3, 0.4) is 0 Å². The van der Waals surface area contributed by atoms with Gasteiger partial charge in [-0.3, -0.25) is 4.79 Å². The van der Waals surface area contributed by atoms with Gasteiger partial charge < -0.3 is 0 Å². The lowest BCUT2D eigenvalue weighted by atomic mass is 10.1. The summed E-state index contributed by atoms with van der Waals surface area (Å²) in [6.45, 7) is 2.74. The fraction of sp³-hybridized carbons (Fsp3) is 0.308. The van der Waals surface area contributed by atoms with E-state index in [2.05, 4.69) is 26.0 Å². The quantitative estimate of drug-likeness (QED) is 0.794. The second kappa shape index (κ2) is 6.06. The number of benzene rings is 1. The molecule has 0 atom stereocenters. The van der Waals surface area contributed by atoms with Gasteiger partial charge in [-0.15, -0.1) is 0 Å². The molecule has 2 rings (SSSR count). The van der Waals surface area contributed by atoms with E-state index >= 15 is 0 Å². The highest BCUT2D eigenvalue weighted by molar-refractivity contribution is 9.10. The molecule has 1 aromatic carbocycles. The summed E-state index contributed by atoms with van der Waals surface area (Å²) in [4.78, 5) is 16.1. The second-order valence-corrected chi connectivity index (χ2v) is 4.98. The fourth-order valence-electron chi connectivity index (χ4n) is 1.74. The van der Waals surface area contributed by atoms with Crippen LogP contribution in [0.25, 0.3) is 0 Å². The van der Waals surface area contributed by atoms with Crippen molar-refractivity contribution in [3.63, 3.8) is 0 Å². The van der Waals surface area contributed by atoms with Crippen LogP contribution < -0.4 is 0 Å². The molecule has 0 saturated heterocycles. The van der Waals surface area contributed by atoms with Crippen LogP contribution in [0.2, 0.25) is 0 Å². The Labute approximate surface area is 118 Å². The predicted molar refractivity (Wildman–Crippen MR) is 72.4 cm³/mol. The van der Waals surface area contributed by atoms with Crippen molar-refractivity contribution in [2.24, 2.45) is 0 Å². The molecule has 0 N–H and O–H groups in total. The Bertz CT molecular complexity index is 597. The van der Waals surface area contributed by atoms with Crippen LogP contribution in [0, 0.1) is 5.82 Å². The molecule has 0 saturated carbocycles. The summed E-state index contributed by atoms with van der Waals surface area (Å²) in [6, 6.07) is 4.35. The fourth-order valence-corrected chi connectivity index (χ4v) is 1.99. The highest BCUT2D eigenvalue weighted by Gasteiger charge is 2.13. The highest BCUT2D eigenvalue weighted by Crippen LogP contribution is 2.17. The lowest BCUT2D eigenvalue weighted by Crippen LogP contribution is -2.11. The molecule has 100 valence electrons. The minimum absolute atomic E-state index is 0.126.